The minimum atomic E-state index is -0.586. The van der Waals surface area contributed by atoms with Crippen molar-refractivity contribution in [2.24, 2.45) is 0 Å². The van der Waals surface area contributed by atoms with Crippen molar-refractivity contribution in [2.45, 2.75) is 32.4 Å². The van der Waals surface area contributed by atoms with E-state index in [4.69, 9.17) is 4.74 Å². The van der Waals surface area contributed by atoms with Gasteiger partial charge in [-0.05, 0) is 32.9 Å². The van der Waals surface area contributed by atoms with Gasteiger partial charge in [-0.2, -0.15) is 0 Å². The molecule has 0 aliphatic heterocycles. The van der Waals surface area contributed by atoms with Crippen LogP contribution in [0, 0.1) is 0 Å². The van der Waals surface area contributed by atoms with Gasteiger partial charge in [-0.25, -0.2) is 4.79 Å². The van der Waals surface area contributed by atoms with E-state index in [2.05, 4.69) is 26.2 Å². The fourth-order valence-electron chi connectivity index (χ4n) is 1.27. The van der Waals surface area contributed by atoms with Gasteiger partial charge in [0.1, 0.15) is 5.60 Å². The summed E-state index contributed by atoms with van der Waals surface area (Å²) in [6, 6.07) is 2.92. The predicted molar refractivity (Wildman–Crippen MR) is 71.1 cm³/mol. The molecule has 1 unspecified atom stereocenters. The Morgan fingerprint density at radius 1 is 1.61 bits per heavy atom. The number of nitrogens with zero attached hydrogens (tertiary/aromatic N) is 1. The van der Waals surface area contributed by atoms with Crippen molar-refractivity contribution in [3.63, 3.8) is 0 Å². The molecular formula is C12H17BrN2O3. The topological polar surface area (TPSA) is 71.5 Å². The Hall–Kier alpha value is -1.14. The number of carbonyl (C=O) groups is 1. The number of rotatable bonds is 3. The smallest absolute Gasteiger partial charge is 0.408 e. The van der Waals surface area contributed by atoms with E-state index in [-0.39, 0.29) is 6.61 Å². The van der Waals surface area contributed by atoms with Crippen molar-refractivity contribution in [1.82, 2.24) is 10.3 Å². The molecule has 0 aliphatic carbocycles. The third-order valence-electron chi connectivity index (χ3n) is 1.97. The van der Waals surface area contributed by atoms with E-state index in [1.165, 1.54) is 0 Å². The number of carbonyl (C=O) groups excluding carboxylic acids is 1. The molecule has 6 heteroatoms. The van der Waals surface area contributed by atoms with E-state index in [0.717, 1.165) is 4.47 Å². The van der Waals surface area contributed by atoms with Crippen LogP contribution in [0.4, 0.5) is 4.79 Å². The number of ether oxygens (including phenoxy) is 1. The lowest BCUT2D eigenvalue weighted by Crippen LogP contribution is -2.36. The molecule has 1 aromatic rings. The first kappa shape index (κ1) is 14.9. The molecule has 0 saturated carbocycles. The molecule has 0 bridgehead atoms. The summed E-state index contributed by atoms with van der Waals surface area (Å²) in [6.45, 7) is 5.08. The first-order valence-corrected chi connectivity index (χ1v) is 6.33. The molecule has 0 fully saturated rings. The maximum absolute atomic E-state index is 11.6. The van der Waals surface area contributed by atoms with Crippen LogP contribution in [0.2, 0.25) is 0 Å². The summed E-state index contributed by atoms with van der Waals surface area (Å²) in [4.78, 5) is 15.7. The van der Waals surface area contributed by atoms with E-state index in [0.29, 0.717) is 5.69 Å². The highest BCUT2D eigenvalue weighted by atomic mass is 79.9. The number of aliphatic hydroxyl groups excluding tert-OH is 1. The molecule has 5 nitrogen and oxygen atoms in total. The van der Waals surface area contributed by atoms with Gasteiger partial charge >= 0.3 is 6.09 Å². The van der Waals surface area contributed by atoms with Crippen LogP contribution >= 0.6 is 15.9 Å². The largest absolute Gasteiger partial charge is 0.444 e. The summed E-state index contributed by atoms with van der Waals surface area (Å²) in [5, 5.41) is 11.9. The van der Waals surface area contributed by atoms with Gasteiger partial charge in [0, 0.05) is 10.7 Å². The van der Waals surface area contributed by atoms with Crippen molar-refractivity contribution >= 4 is 22.0 Å². The maximum Gasteiger partial charge on any atom is 0.408 e. The second kappa shape index (κ2) is 6.15. The summed E-state index contributed by atoms with van der Waals surface area (Å²) in [6.07, 6.45) is 1.02. The minimum absolute atomic E-state index is 0.247. The standard InChI is InChI=1S/C12H17BrN2O3/c1-12(2,3)18-11(17)15-10(7-16)9-6-8(13)4-5-14-9/h4-6,10,16H,7H2,1-3H3,(H,15,17). The van der Waals surface area contributed by atoms with Crippen LogP contribution in [-0.4, -0.2) is 28.4 Å². The van der Waals surface area contributed by atoms with Gasteiger partial charge in [-0.15, -0.1) is 0 Å². The van der Waals surface area contributed by atoms with E-state index >= 15 is 0 Å². The molecule has 100 valence electrons. The molecule has 0 spiro atoms. The first-order valence-electron chi connectivity index (χ1n) is 5.53. The lowest BCUT2D eigenvalue weighted by atomic mass is 10.2. The third-order valence-corrected chi connectivity index (χ3v) is 2.47. The zero-order chi connectivity index (χ0) is 13.8. The van der Waals surface area contributed by atoms with Crippen LogP contribution in [-0.2, 0) is 4.74 Å². The van der Waals surface area contributed by atoms with Crippen molar-refractivity contribution in [1.29, 1.82) is 0 Å². The summed E-state index contributed by atoms with van der Waals surface area (Å²) >= 11 is 3.31. The average molecular weight is 317 g/mol. The molecule has 1 heterocycles. The van der Waals surface area contributed by atoms with Gasteiger partial charge < -0.3 is 15.2 Å². The molecule has 2 N–H and O–H groups in total. The van der Waals surface area contributed by atoms with Crippen LogP contribution in [0.3, 0.4) is 0 Å². The molecule has 0 saturated heterocycles. The Morgan fingerprint density at radius 3 is 2.78 bits per heavy atom. The Bertz CT molecular complexity index is 418. The van der Waals surface area contributed by atoms with Crippen LogP contribution in [0.15, 0.2) is 22.8 Å². The van der Waals surface area contributed by atoms with Crippen LogP contribution in [0.5, 0.6) is 0 Å². The molecule has 1 atom stereocenters. The van der Waals surface area contributed by atoms with Gasteiger partial charge in [0.05, 0.1) is 18.3 Å². The van der Waals surface area contributed by atoms with Gasteiger partial charge in [0.25, 0.3) is 0 Å². The number of alkyl carbamates (subject to hydrolysis) is 1. The Labute approximate surface area is 115 Å². The Balaban J connectivity index is 2.71. The maximum atomic E-state index is 11.6. The molecule has 1 amide bonds. The molecule has 1 rings (SSSR count). The highest BCUT2D eigenvalue weighted by Crippen LogP contribution is 2.16. The third kappa shape index (κ3) is 5.01. The molecule has 0 aliphatic rings. The van der Waals surface area contributed by atoms with E-state index < -0.39 is 17.7 Å². The Morgan fingerprint density at radius 2 is 2.28 bits per heavy atom. The number of pyridine rings is 1. The van der Waals surface area contributed by atoms with Gasteiger partial charge in [-0.1, -0.05) is 15.9 Å². The normalized spacial score (nSPS) is 12.9. The summed E-state index contributed by atoms with van der Waals surface area (Å²) in [5.74, 6) is 0. The van der Waals surface area contributed by atoms with Gasteiger partial charge in [-0.3, -0.25) is 4.98 Å². The van der Waals surface area contributed by atoms with Crippen LogP contribution in [0.1, 0.15) is 32.5 Å². The lowest BCUT2D eigenvalue weighted by Gasteiger charge is -2.22. The molecule has 18 heavy (non-hydrogen) atoms. The fraction of sp³-hybridized carbons (Fsp3) is 0.500. The van der Waals surface area contributed by atoms with E-state index in [1.807, 2.05) is 0 Å². The second-order valence-corrected chi connectivity index (χ2v) is 5.70. The number of amides is 1. The molecule has 0 radical (unpaired) electrons. The molecule has 0 aromatic carbocycles. The molecular weight excluding hydrogens is 300 g/mol. The number of hydrogen-bond donors (Lipinski definition) is 2. The average Bonchev–Trinajstić information content (AvgIpc) is 2.23. The Kier molecular flexibility index (Phi) is 5.10. The second-order valence-electron chi connectivity index (χ2n) is 4.78. The number of nitrogens with one attached hydrogen (secondary N) is 1. The monoisotopic (exact) mass is 316 g/mol. The van der Waals surface area contributed by atoms with E-state index in [1.54, 1.807) is 39.1 Å². The predicted octanol–water partition coefficient (Wildman–Crippen LogP) is 2.40. The zero-order valence-electron chi connectivity index (χ0n) is 10.6. The summed E-state index contributed by atoms with van der Waals surface area (Å²) in [5.41, 5.74) is -0.00727. The quantitative estimate of drug-likeness (QED) is 0.898. The SMILES string of the molecule is CC(C)(C)OC(=O)NC(CO)c1cc(Br)ccn1. The van der Waals surface area contributed by atoms with Crippen molar-refractivity contribution in [3.8, 4) is 0 Å². The number of aliphatic hydroxyl groups is 1. The van der Waals surface area contributed by atoms with Crippen molar-refractivity contribution in [3.05, 3.63) is 28.5 Å². The molecule has 1 aromatic heterocycles. The zero-order valence-corrected chi connectivity index (χ0v) is 12.2. The summed E-state index contributed by atoms with van der Waals surface area (Å²) in [7, 11) is 0. The first-order chi connectivity index (χ1) is 8.31. The van der Waals surface area contributed by atoms with Crippen molar-refractivity contribution in [2.75, 3.05) is 6.61 Å². The minimum Gasteiger partial charge on any atom is -0.444 e. The fourth-order valence-corrected chi connectivity index (χ4v) is 1.63. The van der Waals surface area contributed by atoms with Gasteiger partial charge in [0.2, 0.25) is 0 Å². The van der Waals surface area contributed by atoms with E-state index in [9.17, 15) is 9.90 Å². The van der Waals surface area contributed by atoms with Crippen molar-refractivity contribution < 1.29 is 14.6 Å². The summed E-state index contributed by atoms with van der Waals surface area (Å²) < 4.78 is 5.95. The van der Waals surface area contributed by atoms with Gasteiger partial charge in [0.15, 0.2) is 0 Å². The lowest BCUT2D eigenvalue weighted by molar-refractivity contribution is 0.0480. The number of halogens is 1. The number of aromatic nitrogens is 1. The highest BCUT2D eigenvalue weighted by Gasteiger charge is 2.20. The number of hydrogen-bond acceptors (Lipinski definition) is 4. The van der Waals surface area contributed by atoms with Crippen LogP contribution in [0.25, 0.3) is 0 Å². The highest BCUT2D eigenvalue weighted by molar-refractivity contribution is 9.10. The van der Waals surface area contributed by atoms with Crippen LogP contribution < -0.4 is 5.32 Å².